The molecule has 0 aliphatic heterocycles. The number of nitrogens with zero attached hydrogens (tertiary/aromatic N) is 1. The Balaban J connectivity index is 2.09. The maximum atomic E-state index is 12.7. The molecule has 0 heterocycles. The number of hydrogen-bond donors (Lipinski definition) is 1. The van der Waals surface area contributed by atoms with Gasteiger partial charge in [-0.2, -0.15) is 0 Å². The zero-order valence-electron chi connectivity index (χ0n) is 13.4. The lowest BCUT2D eigenvalue weighted by molar-refractivity contribution is -0.118. The van der Waals surface area contributed by atoms with Crippen molar-refractivity contribution < 1.29 is 9.59 Å². The van der Waals surface area contributed by atoms with E-state index in [4.69, 9.17) is 5.73 Å². The van der Waals surface area contributed by atoms with Crippen molar-refractivity contribution in [3.8, 4) is 0 Å². The highest BCUT2D eigenvalue weighted by atomic mass is 16.2. The first-order chi connectivity index (χ1) is 11.1. The summed E-state index contributed by atoms with van der Waals surface area (Å²) in [6, 6.07) is 17.5. The Kier molecular flexibility index (Phi) is 5.92. The van der Waals surface area contributed by atoms with Crippen molar-refractivity contribution in [2.24, 2.45) is 5.73 Å². The number of aryl methyl sites for hydroxylation is 1. The molecule has 2 aromatic rings. The summed E-state index contributed by atoms with van der Waals surface area (Å²) in [4.78, 5) is 25.5. The third-order valence-corrected chi connectivity index (χ3v) is 3.69. The molecule has 2 N–H and O–H groups in total. The summed E-state index contributed by atoms with van der Waals surface area (Å²) in [5.74, 6) is -0.461. The second kappa shape index (κ2) is 8.13. The van der Waals surface area contributed by atoms with E-state index in [1.807, 2.05) is 55.5 Å². The standard InChI is InChI=1S/C19H22N2O2/c1-15-6-5-9-17(14-15)19(23)21(13-11-18(20)22)12-10-16-7-3-2-4-8-16/h2-9,14H,10-13H2,1H3,(H2,20,22). The maximum Gasteiger partial charge on any atom is 0.253 e. The van der Waals surface area contributed by atoms with E-state index in [-0.39, 0.29) is 12.3 Å². The highest BCUT2D eigenvalue weighted by Crippen LogP contribution is 2.10. The number of rotatable bonds is 7. The molecule has 0 bridgehead atoms. The van der Waals surface area contributed by atoms with Crippen molar-refractivity contribution in [3.63, 3.8) is 0 Å². The zero-order chi connectivity index (χ0) is 16.7. The van der Waals surface area contributed by atoms with E-state index < -0.39 is 5.91 Å². The third-order valence-electron chi connectivity index (χ3n) is 3.69. The molecule has 0 fully saturated rings. The Hall–Kier alpha value is -2.62. The van der Waals surface area contributed by atoms with Crippen LogP contribution in [0.4, 0.5) is 0 Å². The summed E-state index contributed by atoms with van der Waals surface area (Å²) in [6.45, 7) is 2.85. The lowest BCUT2D eigenvalue weighted by Crippen LogP contribution is -2.35. The second-order valence-electron chi connectivity index (χ2n) is 5.61. The first kappa shape index (κ1) is 16.7. The number of benzene rings is 2. The third kappa shape index (κ3) is 5.25. The summed E-state index contributed by atoms with van der Waals surface area (Å²) >= 11 is 0. The number of carbonyl (C=O) groups is 2. The molecule has 0 unspecified atom stereocenters. The van der Waals surface area contributed by atoms with Gasteiger partial charge in [0, 0.05) is 25.1 Å². The van der Waals surface area contributed by atoms with Gasteiger partial charge in [0.2, 0.25) is 5.91 Å². The Morgan fingerprint density at radius 2 is 1.74 bits per heavy atom. The van der Waals surface area contributed by atoms with Crippen molar-refractivity contribution in [1.82, 2.24) is 4.90 Å². The minimum atomic E-state index is -0.397. The van der Waals surface area contributed by atoms with E-state index in [2.05, 4.69) is 0 Å². The molecule has 0 saturated heterocycles. The van der Waals surface area contributed by atoms with Crippen LogP contribution in [0.25, 0.3) is 0 Å². The average molecular weight is 310 g/mol. The van der Waals surface area contributed by atoms with Gasteiger partial charge in [0.15, 0.2) is 0 Å². The van der Waals surface area contributed by atoms with Crippen LogP contribution in [0.15, 0.2) is 54.6 Å². The van der Waals surface area contributed by atoms with Crippen LogP contribution >= 0.6 is 0 Å². The van der Waals surface area contributed by atoms with Crippen molar-refractivity contribution in [2.45, 2.75) is 19.8 Å². The lowest BCUT2D eigenvalue weighted by Gasteiger charge is -2.22. The number of primary amides is 1. The molecule has 2 rings (SSSR count). The van der Waals surface area contributed by atoms with E-state index >= 15 is 0 Å². The van der Waals surface area contributed by atoms with Crippen molar-refractivity contribution >= 4 is 11.8 Å². The fourth-order valence-electron chi connectivity index (χ4n) is 2.43. The molecule has 23 heavy (non-hydrogen) atoms. The molecule has 0 saturated carbocycles. The normalized spacial score (nSPS) is 10.3. The van der Waals surface area contributed by atoms with Crippen LogP contribution in [-0.4, -0.2) is 29.8 Å². The molecule has 2 amide bonds. The van der Waals surface area contributed by atoms with Gasteiger partial charge in [-0.25, -0.2) is 0 Å². The van der Waals surface area contributed by atoms with Gasteiger partial charge in [0.1, 0.15) is 0 Å². The molecule has 0 atom stereocenters. The summed E-state index contributed by atoms with van der Waals surface area (Å²) in [5.41, 5.74) is 8.07. The molecule has 2 aromatic carbocycles. The fraction of sp³-hybridized carbons (Fsp3) is 0.263. The molecule has 120 valence electrons. The van der Waals surface area contributed by atoms with Gasteiger partial charge in [-0.3, -0.25) is 9.59 Å². The number of nitrogens with two attached hydrogens (primary N) is 1. The van der Waals surface area contributed by atoms with Gasteiger partial charge in [0.25, 0.3) is 5.91 Å². The summed E-state index contributed by atoms with van der Waals surface area (Å²) in [5, 5.41) is 0. The topological polar surface area (TPSA) is 63.4 Å². The van der Waals surface area contributed by atoms with Gasteiger partial charge >= 0.3 is 0 Å². The average Bonchev–Trinajstić information content (AvgIpc) is 2.55. The Bertz CT molecular complexity index is 668. The van der Waals surface area contributed by atoms with E-state index in [9.17, 15) is 9.59 Å². The van der Waals surface area contributed by atoms with Gasteiger partial charge < -0.3 is 10.6 Å². The second-order valence-corrected chi connectivity index (χ2v) is 5.61. The van der Waals surface area contributed by atoms with Crippen LogP contribution in [-0.2, 0) is 11.2 Å². The van der Waals surface area contributed by atoms with Crippen molar-refractivity contribution in [1.29, 1.82) is 0 Å². The van der Waals surface area contributed by atoms with Crippen LogP contribution in [0.2, 0.25) is 0 Å². The Morgan fingerprint density at radius 3 is 2.39 bits per heavy atom. The Morgan fingerprint density at radius 1 is 1.00 bits per heavy atom. The zero-order valence-corrected chi connectivity index (χ0v) is 13.4. The first-order valence-corrected chi connectivity index (χ1v) is 7.74. The molecular formula is C19H22N2O2. The molecule has 0 spiro atoms. The van der Waals surface area contributed by atoms with E-state index in [1.165, 1.54) is 0 Å². The van der Waals surface area contributed by atoms with Crippen LogP contribution < -0.4 is 5.73 Å². The largest absolute Gasteiger partial charge is 0.370 e. The number of amides is 2. The summed E-state index contributed by atoms with van der Waals surface area (Å²) in [6.07, 6.45) is 0.920. The molecule has 0 aliphatic carbocycles. The molecule has 0 aromatic heterocycles. The Labute approximate surface area is 136 Å². The van der Waals surface area contributed by atoms with E-state index in [1.54, 1.807) is 11.0 Å². The summed E-state index contributed by atoms with van der Waals surface area (Å²) in [7, 11) is 0. The SMILES string of the molecule is Cc1cccc(C(=O)N(CCC(N)=O)CCc2ccccc2)c1. The first-order valence-electron chi connectivity index (χ1n) is 7.74. The fourth-order valence-corrected chi connectivity index (χ4v) is 2.43. The van der Waals surface area contributed by atoms with Gasteiger partial charge in [0.05, 0.1) is 0 Å². The minimum Gasteiger partial charge on any atom is -0.370 e. The lowest BCUT2D eigenvalue weighted by atomic mass is 10.1. The molecule has 4 heteroatoms. The van der Waals surface area contributed by atoms with Crippen molar-refractivity contribution in [3.05, 3.63) is 71.3 Å². The summed E-state index contributed by atoms with van der Waals surface area (Å²) < 4.78 is 0. The minimum absolute atomic E-state index is 0.0640. The number of carbonyl (C=O) groups excluding carboxylic acids is 2. The highest BCUT2D eigenvalue weighted by Gasteiger charge is 2.16. The smallest absolute Gasteiger partial charge is 0.253 e. The van der Waals surface area contributed by atoms with Crippen molar-refractivity contribution in [2.75, 3.05) is 13.1 Å². The van der Waals surface area contributed by atoms with E-state index in [0.29, 0.717) is 18.7 Å². The predicted molar refractivity (Wildman–Crippen MR) is 91.0 cm³/mol. The molecule has 4 nitrogen and oxygen atoms in total. The maximum absolute atomic E-state index is 12.7. The van der Waals surface area contributed by atoms with Crippen LogP contribution in [0.1, 0.15) is 27.9 Å². The predicted octanol–water partition coefficient (Wildman–Crippen LogP) is 2.56. The van der Waals surface area contributed by atoms with E-state index in [0.717, 1.165) is 17.5 Å². The molecular weight excluding hydrogens is 288 g/mol. The van der Waals surface area contributed by atoms with Crippen LogP contribution in [0, 0.1) is 6.92 Å². The monoisotopic (exact) mass is 310 g/mol. The van der Waals surface area contributed by atoms with Crippen LogP contribution in [0.5, 0.6) is 0 Å². The quantitative estimate of drug-likeness (QED) is 0.854. The molecule has 0 aliphatic rings. The van der Waals surface area contributed by atoms with Gasteiger partial charge in [-0.15, -0.1) is 0 Å². The van der Waals surface area contributed by atoms with Gasteiger partial charge in [-0.05, 0) is 31.0 Å². The molecule has 0 radical (unpaired) electrons. The number of hydrogen-bond acceptors (Lipinski definition) is 2. The highest BCUT2D eigenvalue weighted by molar-refractivity contribution is 5.94. The van der Waals surface area contributed by atoms with Crippen LogP contribution in [0.3, 0.4) is 0 Å². The van der Waals surface area contributed by atoms with Gasteiger partial charge in [-0.1, -0.05) is 48.0 Å².